The van der Waals surface area contributed by atoms with Crippen LogP contribution in [-0.2, 0) is 4.79 Å². The molecule has 0 aliphatic heterocycles. The second-order valence-corrected chi connectivity index (χ2v) is 6.04. The van der Waals surface area contributed by atoms with E-state index in [-0.39, 0.29) is 11.1 Å². The van der Waals surface area contributed by atoms with Gasteiger partial charge in [-0.1, -0.05) is 0 Å². The average molecular weight is 467 g/mol. The topological polar surface area (TPSA) is 112 Å². The molecule has 0 saturated carbocycles. The van der Waals surface area contributed by atoms with Crippen LogP contribution in [0.3, 0.4) is 0 Å². The van der Waals surface area contributed by atoms with Crippen molar-refractivity contribution in [1.29, 1.82) is 5.26 Å². The Labute approximate surface area is 161 Å². The molecule has 0 atom stereocenters. The summed E-state index contributed by atoms with van der Waals surface area (Å²) < 4.78 is 19.5. The van der Waals surface area contributed by atoms with E-state index in [1.54, 1.807) is 24.3 Å². The highest BCUT2D eigenvalue weighted by Crippen LogP contribution is 2.21. The lowest BCUT2D eigenvalue weighted by molar-refractivity contribution is -0.139. The standard InChI is InChI=1S/C17H11FIN3O4/c18-13-5-10(7-20)1-3-12(13)17(25)22-21-8-11-2-4-15(14(19)6-11)26-9-16(23)24/h1-6,8H,9H2,(H,22,25)(H,23,24)/b21-8-. The third-order valence-electron chi connectivity index (χ3n) is 3.03. The number of carbonyl (C=O) groups excluding carboxylic acids is 1. The fourth-order valence-electron chi connectivity index (χ4n) is 1.85. The summed E-state index contributed by atoms with van der Waals surface area (Å²) in [7, 11) is 0. The average Bonchev–Trinajstić information content (AvgIpc) is 2.60. The monoisotopic (exact) mass is 467 g/mol. The highest BCUT2D eigenvalue weighted by Gasteiger charge is 2.11. The molecule has 9 heteroatoms. The fourth-order valence-corrected chi connectivity index (χ4v) is 2.54. The summed E-state index contributed by atoms with van der Waals surface area (Å²) in [6.45, 7) is -0.449. The zero-order valence-electron chi connectivity index (χ0n) is 13.1. The molecular formula is C17H11FIN3O4. The zero-order chi connectivity index (χ0) is 19.1. The number of aliphatic carboxylic acids is 1. The normalized spacial score (nSPS) is 10.3. The molecule has 0 saturated heterocycles. The number of nitriles is 1. The Kier molecular flexibility index (Phi) is 6.62. The molecule has 132 valence electrons. The quantitative estimate of drug-likeness (QED) is 0.386. The van der Waals surface area contributed by atoms with Gasteiger partial charge in [0.05, 0.1) is 27.0 Å². The highest BCUT2D eigenvalue weighted by atomic mass is 127. The first kappa shape index (κ1) is 19.3. The van der Waals surface area contributed by atoms with Crippen LogP contribution in [0.4, 0.5) is 4.39 Å². The Morgan fingerprint density at radius 3 is 2.73 bits per heavy atom. The number of carboxylic acids is 1. The van der Waals surface area contributed by atoms with E-state index in [9.17, 15) is 14.0 Å². The van der Waals surface area contributed by atoms with Gasteiger partial charge in [0, 0.05) is 0 Å². The summed E-state index contributed by atoms with van der Waals surface area (Å²) in [6.07, 6.45) is 1.35. The second-order valence-electron chi connectivity index (χ2n) is 4.88. The van der Waals surface area contributed by atoms with E-state index in [2.05, 4.69) is 10.5 Å². The van der Waals surface area contributed by atoms with Crippen LogP contribution in [0.15, 0.2) is 41.5 Å². The first-order valence-corrected chi connectivity index (χ1v) is 8.16. The number of halogens is 2. The maximum absolute atomic E-state index is 13.7. The van der Waals surface area contributed by atoms with E-state index in [4.69, 9.17) is 15.1 Å². The lowest BCUT2D eigenvalue weighted by Gasteiger charge is -2.06. The summed E-state index contributed by atoms with van der Waals surface area (Å²) >= 11 is 1.98. The number of hydrogen-bond acceptors (Lipinski definition) is 5. The van der Waals surface area contributed by atoms with E-state index in [1.807, 2.05) is 22.6 Å². The van der Waals surface area contributed by atoms with Crippen molar-refractivity contribution in [2.24, 2.45) is 5.10 Å². The Balaban J connectivity index is 2.02. The molecule has 0 aromatic heterocycles. The molecule has 7 nitrogen and oxygen atoms in total. The summed E-state index contributed by atoms with van der Waals surface area (Å²) in [5.41, 5.74) is 2.70. The molecule has 2 rings (SSSR count). The SMILES string of the molecule is N#Cc1ccc(C(=O)N/N=C\c2ccc(OCC(=O)O)c(I)c2)c(F)c1. The van der Waals surface area contributed by atoms with E-state index < -0.39 is 24.3 Å². The number of hydrazone groups is 1. The van der Waals surface area contributed by atoms with Crippen LogP contribution < -0.4 is 10.2 Å². The van der Waals surface area contributed by atoms with E-state index in [0.29, 0.717) is 14.9 Å². The van der Waals surface area contributed by atoms with Gasteiger partial charge < -0.3 is 9.84 Å². The lowest BCUT2D eigenvalue weighted by Crippen LogP contribution is -2.19. The molecule has 0 heterocycles. The Morgan fingerprint density at radius 1 is 1.35 bits per heavy atom. The maximum Gasteiger partial charge on any atom is 0.341 e. The van der Waals surface area contributed by atoms with Gasteiger partial charge in [-0.3, -0.25) is 4.79 Å². The van der Waals surface area contributed by atoms with Crippen LogP contribution in [0.2, 0.25) is 0 Å². The van der Waals surface area contributed by atoms with Gasteiger partial charge >= 0.3 is 5.97 Å². The fraction of sp³-hybridized carbons (Fsp3) is 0.0588. The third kappa shape index (κ3) is 5.25. The lowest BCUT2D eigenvalue weighted by atomic mass is 10.1. The number of amides is 1. The zero-order valence-corrected chi connectivity index (χ0v) is 15.2. The van der Waals surface area contributed by atoms with Crippen LogP contribution in [0.5, 0.6) is 5.75 Å². The minimum Gasteiger partial charge on any atom is -0.481 e. The molecule has 2 N–H and O–H groups in total. The molecular weight excluding hydrogens is 456 g/mol. The van der Waals surface area contributed by atoms with Crippen molar-refractivity contribution in [1.82, 2.24) is 5.43 Å². The smallest absolute Gasteiger partial charge is 0.341 e. The largest absolute Gasteiger partial charge is 0.481 e. The maximum atomic E-state index is 13.7. The van der Waals surface area contributed by atoms with Gasteiger partial charge in [0.25, 0.3) is 5.91 Å². The van der Waals surface area contributed by atoms with Crippen LogP contribution in [0.1, 0.15) is 21.5 Å². The molecule has 0 radical (unpaired) electrons. The molecule has 0 fully saturated rings. The van der Waals surface area contributed by atoms with Crippen molar-refractivity contribution >= 4 is 40.7 Å². The summed E-state index contributed by atoms with van der Waals surface area (Å²) in [5.74, 6) is -2.23. The Morgan fingerprint density at radius 2 is 2.12 bits per heavy atom. The molecule has 1 amide bonds. The van der Waals surface area contributed by atoms with Gasteiger partial charge in [0.1, 0.15) is 11.6 Å². The van der Waals surface area contributed by atoms with Crippen LogP contribution in [-0.4, -0.2) is 29.8 Å². The first-order valence-electron chi connectivity index (χ1n) is 7.08. The number of rotatable bonds is 6. The van der Waals surface area contributed by atoms with E-state index in [1.165, 1.54) is 18.3 Å². The summed E-state index contributed by atoms with van der Waals surface area (Å²) in [4.78, 5) is 22.4. The molecule has 0 aliphatic rings. The minimum absolute atomic E-state index is 0.113. The molecule has 26 heavy (non-hydrogen) atoms. The van der Waals surface area contributed by atoms with Crippen LogP contribution >= 0.6 is 22.6 Å². The van der Waals surface area contributed by atoms with E-state index in [0.717, 1.165) is 6.07 Å². The molecule has 0 aliphatic carbocycles. The number of carbonyl (C=O) groups is 2. The first-order chi connectivity index (χ1) is 12.4. The minimum atomic E-state index is -1.08. The van der Waals surface area contributed by atoms with Gasteiger partial charge in [-0.05, 0) is 64.6 Å². The van der Waals surface area contributed by atoms with Gasteiger partial charge in [0.15, 0.2) is 6.61 Å². The van der Waals surface area contributed by atoms with Crippen molar-refractivity contribution in [3.05, 3.63) is 62.5 Å². The molecule has 2 aromatic rings. The number of ether oxygens (including phenoxy) is 1. The summed E-state index contributed by atoms with van der Waals surface area (Å²) in [5, 5.41) is 21.0. The second kappa shape index (κ2) is 8.91. The Bertz CT molecular complexity index is 925. The van der Waals surface area contributed by atoms with Crippen LogP contribution in [0.25, 0.3) is 0 Å². The van der Waals surface area contributed by atoms with Gasteiger partial charge in [-0.2, -0.15) is 10.4 Å². The molecule has 2 aromatic carbocycles. The van der Waals surface area contributed by atoms with Crippen molar-refractivity contribution in [3.8, 4) is 11.8 Å². The number of hydrogen-bond donors (Lipinski definition) is 2. The molecule has 0 unspecified atom stereocenters. The predicted octanol–water partition coefficient (Wildman–Crippen LogP) is 2.53. The highest BCUT2D eigenvalue weighted by molar-refractivity contribution is 14.1. The summed E-state index contributed by atoms with van der Waals surface area (Å²) in [6, 6.07) is 10.2. The number of carboxylic acid groups (broad SMARTS) is 1. The van der Waals surface area contributed by atoms with E-state index >= 15 is 0 Å². The molecule has 0 spiro atoms. The Hall–Kier alpha value is -3.00. The van der Waals surface area contributed by atoms with Crippen molar-refractivity contribution in [2.75, 3.05) is 6.61 Å². The number of nitrogens with one attached hydrogen (secondary N) is 1. The van der Waals surface area contributed by atoms with Gasteiger partial charge in [-0.25, -0.2) is 14.6 Å². The van der Waals surface area contributed by atoms with Gasteiger partial charge in [0.2, 0.25) is 0 Å². The van der Waals surface area contributed by atoms with Crippen molar-refractivity contribution in [3.63, 3.8) is 0 Å². The predicted molar refractivity (Wildman–Crippen MR) is 98.5 cm³/mol. The van der Waals surface area contributed by atoms with Crippen molar-refractivity contribution < 1.29 is 23.8 Å². The van der Waals surface area contributed by atoms with Gasteiger partial charge in [-0.15, -0.1) is 0 Å². The number of nitrogens with zero attached hydrogens (tertiary/aromatic N) is 2. The van der Waals surface area contributed by atoms with Crippen molar-refractivity contribution in [2.45, 2.75) is 0 Å². The number of benzene rings is 2. The van der Waals surface area contributed by atoms with Crippen LogP contribution in [0, 0.1) is 20.7 Å². The molecule has 0 bridgehead atoms. The third-order valence-corrected chi connectivity index (χ3v) is 3.87.